The number of nitrogens with one attached hydrogen (secondary N) is 1. The lowest BCUT2D eigenvalue weighted by atomic mass is 9.95. The maximum atomic E-state index is 12.9. The Morgan fingerprint density at radius 2 is 1.96 bits per heavy atom. The number of hydrogen-bond donors (Lipinski definition) is 2. The number of piperidine rings is 1. The number of para-hydroxylation sites is 1. The van der Waals surface area contributed by atoms with Crippen LogP contribution in [0.2, 0.25) is 0 Å². The van der Waals surface area contributed by atoms with Crippen LogP contribution in [-0.4, -0.2) is 40.4 Å². The van der Waals surface area contributed by atoms with Gasteiger partial charge in [-0.05, 0) is 44.7 Å². The highest BCUT2D eigenvalue weighted by Crippen LogP contribution is 2.32. The number of nitrogens with zero attached hydrogens (tertiary/aromatic N) is 1. The maximum Gasteiger partial charge on any atom is 0.195 e. The van der Waals surface area contributed by atoms with Crippen LogP contribution in [0.5, 0.6) is 5.75 Å². The number of aromatic hydroxyl groups is 1. The van der Waals surface area contributed by atoms with Gasteiger partial charge < -0.3 is 10.4 Å². The number of carbonyl (C=O) groups is 1. The van der Waals surface area contributed by atoms with Crippen molar-refractivity contribution in [3.05, 3.63) is 59.7 Å². The molecule has 2 atom stereocenters. The van der Waals surface area contributed by atoms with Gasteiger partial charge >= 0.3 is 0 Å². The van der Waals surface area contributed by atoms with Crippen LogP contribution in [0.1, 0.15) is 42.6 Å². The molecule has 1 fully saturated rings. The van der Waals surface area contributed by atoms with Crippen molar-refractivity contribution in [3.63, 3.8) is 0 Å². The number of likely N-dealkylation sites (tertiary alicyclic amines) is 1. The number of halogens is 1. The van der Waals surface area contributed by atoms with Crippen molar-refractivity contribution >= 4 is 23.1 Å². The summed E-state index contributed by atoms with van der Waals surface area (Å²) in [6, 6.07) is 14.6. The molecule has 5 heteroatoms. The van der Waals surface area contributed by atoms with Gasteiger partial charge in [0.2, 0.25) is 0 Å². The third-order valence-electron chi connectivity index (χ3n) is 5.24. The lowest BCUT2D eigenvalue weighted by Gasteiger charge is -2.38. The van der Waals surface area contributed by atoms with Crippen molar-refractivity contribution < 1.29 is 9.90 Å². The normalized spacial score (nSPS) is 20.6. The summed E-state index contributed by atoms with van der Waals surface area (Å²) in [6.07, 6.45) is 1.94. The van der Waals surface area contributed by atoms with Crippen LogP contribution in [0.15, 0.2) is 48.5 Å². The molecule has 3 rings (SSSR count). The number of carbonyl (C=O) groups excluding carboxylic acids is 1. The van der Waals surface area contributed by atoms with E-state index in [0.29, 0.717) is 35.3 Å². The van der Waals surface area contributed by atoms with Gasteiger partial charge in [0.15, 0.2) is 5.78 Å². The number of phenolic OH excluding ortho intramolecular Hbond substituents is 1. The maximum absolute atomic E-state index is 12.9. The summed E-state index contributed by atoms with van der Waals surface area (Å²) in [5.74, 6) is 0.402. The minimum atomic E-state index is -0.0983. The first-order chi connectivity index (χ1) is 13.0. The Hall–Kier alpha value is -2.04. The predicted octanol–water partition coefficient (Wildman–Crippen LogP) is 4.72. The molecule has 1 heterocycles. The standard InChI is InChI=1S/C22H27ClN2O2/c1-15(2)25-12-11-16(13-20(25)23)14-24-21-18(9-6-10-19(21)26)22(27)17-7-4-3-5-8-17/h3-10,15-16,20,24,26H,11-14H2,1-2H3. The molecule has 0 radical (unpaired) electrons. The smallest absolute Gasteiger partial charge is 0.195 e. The molecule has 2 aromatic carbocycles. The van der Waals surface area contributed by atoms with Crippen molar-refractivity contribution in [3.8, 4) is 5.75 Å². The van der Waals surface area contributed by atoms with Gasteiger partial charge in [0.1, 0.15) is 5.75 Å². The zero-order valence-corrected chi connectivity index (χ0v) is 16.6. The molecule has 1 saturated heterocycles. The molecule has 1 aliphatic rings. The largest absolute Gasteiger partial charge is 0.506 e. The third-order valence-corrected chi connectivity index (χ3v) is 5.67. The molecule has 1 aliphatic heterocycles. The van der Waals surface area contributed by atoms with E-state index in [1.54, 1.807) is 30.3 Å². The summed E-state index contributed by atoms with van der Waals surface area (Å²) < 4.78 is 0. The van der Waals surface area contributed by atoms with Gasteiger partial charge in [0, 0.05) is 30.3 Å². The van der Waals surface area contributed by atoms with Crippen LogP contribution in [0.3, 0.4) is 0 Å². The van der Waals surface area contributed by atoms with E-state index in [-0.39, 0.29) is 17.0 Å². The van der Waals surface area contributed by atoms with E-state index >= 15 is 0 Å². The second-order valence-corrected chi connectivity index (χ2v) is 7.94. The van der Waals surface area contributed by atoms with Gasteiger partial charge in [-0.3, -0.25) is 9.69 Å². The van der Waals surface area contributed by atoms with E-state index in [1.165, 1.54) is 0 Å². The van der Waals surface area contributed by atoms with E-state index < -0.39 is 0 Å². The van der Waals surface area contributed by atoms with Crippen LogP contribution in [0, 0.1) is 5.92 Å². The zero-order chi connectivity index (χ0) is 19.4. The van der Waals surface area contributed by atoms with E-state index in [9.17, 15) is 9.90 Å². The van der Waals surface area contributed by atoms with Gasteiger partial charge in [-0.25, -0.2) is 0 Å². The van der Waals surface area contributed by atoms with E-state index in [0.717, 1.165) is 19.4 Å². The zero-order valence-electron chi connectivity index (χ0n) is 15.9. The topological polar surface area (TPSA) is 52.6 Å². The van der Waals surface area contributed by atoms with Crippen LogP contribution in [0.25, 0.3) is 0 Å². The molecule has 2 aromatic rings. The number of benzene rings is 2. The molecule has 27 heavy (non-hydrogen) atoms. The highest BCUT2D eigenvalue weighted by molar-refractivity contribution is 6.20. The fraction of sp³-hybridized carbons (Fsp3) is 0.409. The Balaban J connectivity index is 1.72. The summed E-state index contributed by atoms with van der Waals surface area (Å²) in [6.45, 7) is 5.98. The van der Waals surface area contributed by atoms with E-state index in [2.05, 4.69) is 24.1 Å². The number of hydrogen-bond acceptors (Lipinski definition) is 4. The van der Waals surface area contributed by atoms with Gasteiger partial charge in [-0.2, -0.15) is 0 Å². The van der Waals surface area contributed by atoms with Crippen molar-refractivity contribution in [1.82, 2.24) is 4.90 Å². The Labute approximate surface area is 166 Å². The lowest BCUT2D eigenvalue weighted by Crippen LogP contribution is -2.44. The number of ketones is 1. The summed E-state index contributed by atoms with van der Waals surface area (Å²) in [5.41, 5.74) is 1.63. The molecule has 144 valence electrons. The fourth-order valence-electron chi connectivity index (χ4n) is 3.67. The highest BCUT2D eigenvalue weighted by Gasteiger charge is 2.28. The number of alkyl halides is 1. The number of rotatable bonds is 6. The molecule has 0 aromatic heterocycles. The Bertz CT molecular complexity index is 779. The molecule has 0 bridgehead atoms. The first-order valence-electron chi connectivity index (χ1n) is 9.52. The van der Waals surface area contributed by atoms with Gasteiger partial charge in [-0.1, -0.05) is 36.4 Å². The quantitative estimate of drug-likeness (QED) is 0.326. The Morgan fingerprint density at radius 3 is 2.63 bits per heavy atom. The molecular weight excluding hydrogens is 360 g/mol. The number of phenols is 1. The minimum Gasteiger partial charge on any atom is -0.506 e. The molecule has 2 N–H and O–H groups in total. The monoisotopic (exact) mass is 386 g/mol. The molecule has 0 spiro atoms. The fourth-order valence-corrected chi connectivity index (χ4v) is 4.25. The Morgan fingerprint density at radius 1 is 1.22 bits per heavy atom. The van der Waals surface area contributed by atoms with E-state index in [4.69, 9.17) is 11.6 Å². The molecule has 2 unspecified atom stereocenters. The molecule has 0 aliphatic carbocycles. The van der Waals surface area contributed by atoms with Gasteiger partial charge in [0.05, 0.1) is 11.2 Å². The van der Waals surface area contributed by atoms with Crippen molar-refractivity contribution in [1.29, 1.82) is 0 Å². The summed E-state index contributed by atoms with van der Waals surface area (Å²) in [4.78, 5) is 15.2. The first kappa shape index (κ1) is 19.7. The molecular formula is C22H27ClN2O2. The van der Waals surface area contributed by atoms with Crippen molar-refractivity contribution in [2.45, 2.75) is 38.2 Å². The van der Waals surface area contributed by atoms with Crippen LogP contribution >= 0.6 is 11.6 Å². The highest BCUT2D eigenvalue weighted by atomic mass is 35.5. The Kier molecular flexibility index (Phi) is 6.40. The van der Waals surface area contributed by atoms with Gasteiger partial charge in [0.25, 0.3) is 0 Å². The SMILES string of the molecule is CC(C)N1CCC(CNc2c(O)cccc2C(=O)c2ccccc2)CC1Cl. The average molecular weight is 387 g/mol. The van der Waals surface area contributed by atoms with Crippen molar-refractivity contribution in [2.24, 2.45) is 5.92 Å². The van der Waals surface area contributed by atoms with Crippen LogP contribution in [0.4, 0.5) is 5.69 Å². The number of anilines is 1. The summed E-state index contributed by atoms with van der Waals surface area (Å²) in [7, 11) is 0. The van der Waals surface area contributed by atoms with Crippen LogP contribution in [-0.2, 0) is 0 Å². The first-order valence-corrected chi connectivity index (χ1v) is 9.96. The summed E-state index contributed by atoms with van der Waals surface area (Å²) in [5, 5.41) is 13.7. The minimum absolute atomic E-state index is 0.0281. The van der Waals surface area contributed by atoms with E-state index in [1.807, 2.05) is 18.2 Å². The molecule has 4 nitrogen and oxygen atoms in total. The molecule has 0 saturated carbocycles. The van der Waals surface area contributed by atoms with Crippen LogP contribution < -0.4 is 5.32 Å². The third kappa shape index (κ3) is 4.63. The average Bonchev–Trinajstić information content (AvgIpc) is 2.66. The van der Waals surface area contributed by atoms with Gasteiger partial charge in [-0.15, -0.1) is 11.6 Å². The van der Waals surface area contributed by atoms with Crippen molar-refractivity contribution in [2.75, 3.05) is 18.4 Å². The molecule has 0 amide bonds. The lowest BCUT2D eigenvalue weighted by molar-refractivity contribution is 0.103. The second kappa shape index (κ2) is 8.77. The second-order valence-electron chi connectivity index (χ2n) is 7.43. The summed E-state index contributed by atoms with van der Waals surface area (Å²) >= 11 is 6.54. The predicted molar refractivity (Wildman–Crippen MR) is 111 cm³/mol.